The lowest BCUT2D eigenvalue weighted by molar-refractivity contribution is 0.205. The van der Waals surface area contributed by atoms with Crippen molar-refractivity contribution in [3.63, 3.8) is 0 Å². The molecule has 3 heterocycles. The molecule has 0 saturated carbocycles. The predicted octanol–water partition coefficient (Wildman–Crippen LogP) is 0.461. The number of hydrogen-bond acceptors (Lipinski definition) is 4. The summed E-state index contributed by atoms with van der Waals surface area (Å²) in [6.45, 7) is 3.65. The molecule has 22 heavy (non-hydrogen) atoms. The Bertz CT molecular complexity index is 725. The first-order chi connectivity index (χ1) is 10.5. The molecule has 7 heteroatoms. The first kappa shape index (κ1) is 15.0. The fourth-order valence-electron chi connectivity index (χ4n) is 3.32. The van der Waals surface area contributed by atoms with Crippen molar-refractivity contribution < 1.29 is 0 Å². The minimum absolute atomic E-state index is 0.000521. The Labute approximate surface area is 130 Å². The zero-order valence-electron chi connectivity index (χ0n) is 13.8. The van der Waals surface area contributed by atoms with Crippen LogP contribution in [0.1, 0.15) is 30.1 Å². The van der Waals surface area contributed by atoms with Gasteiger partial charge in [-0.15, -0.1) is 0 Å². The van der Waals surface area contributed by atoms with Crippen LogP contribution in [-0.4, -0.2) is 42.1 Å². The van der Waals surface area contributed by atoms with Gasteiger partial charge in [-0.2, -0.15) is 10.2 Å². The Morgan fingerprint density at radius 3 is 2.73 bits per heavy atom. The van der Waals surface area contributed by atoms with Gasteiger partial charge in [0.25, 0.3) is 0 Å². The first-order valence-corrected chi connectivity index (χ1v) is 7.78. The SMILES string of the molecule is Cc1cc(CN(C)C2CCc3nn(C)c(=O)n3CC2)n(C)n1. The average molecular weight is 304 g/mol. The molecule has 2 aromatic heterocycles. The summed E-state index contributed by atoms with van der Waals surface area (Å²) < 4.78 is 5.21. The molecule has 3 rings (SSSR count). The maximum absolute atomic E-state index is 12.0. The van der Waals surface area contributed by atoms with Gasteiger partial charge in [0.15, 0.2) is 0 Å². The van der Waals surface area contributed by atoms with Gasteiger partial charge in [-0.1, -0.05) is 0 Å². The van der Waals surface area contributed by atoms with E-state index in [0.29, 0.717) is 6.04 Å². The molecule has 0 bridgehead atoms. The van der Waals surface area contributed by atoms with Gasteiger partial charge in [0.1, 0.15) is 5.82 Å². The van der Waals surface area contributed by atoms with E-state index in [-0.39, 0.29) is 5.69 Å². The molecule has 2 aromatic rings. The van der Waals surface area contributed by atoms with E-state index in [2.05, 4.69) is 28.2 Å². The Hall–Kier alpha value is -1.89. The summed E-state index contributed by atoms with van der Waals surface area (Å²) in [6.07, 6.45) is 2.87. The van der Waals surface area contributed by atoms with Gasteiger partial charge < -0.3 is 0 Å². The van der Waals surface area contributed by atoms with E-state index in [1.165, 1.54) is 10.4 Å². The van der Waals surface area contributed by atoms with Crippen LogP contribution in [0.4, 0.5) is 0 Å². The molecule has 0 radical (unpaired) electrons. The fourth-order valence-corrected chi connectivity index (χ4v) is 3.32. The highest BCUT2D eigenvalue weighted by Gasteiger charge is 2.23. The van der Waals surface area contributed by atoms with Crippen LogP contribution in [0, 0.1) is 6.92 Å². The van der Waals surface area contributed by atoms with Crippen LogP contribution >= 0.6 is 0 Å². The Morgan fingerprint density at radius 1 is 1.27 bits per heavy atom. The molecule has 1 atom stereocenters. The first-order valence-electron chi connectivity index (χ1n) is 7.78. The van der Waals surface area contributed by atoms with Gasteiger partial charge in [-0.05, 0) is 32.9 Å². The van der Waals surface area contributed by atoms with Crippen molar-refractivity contribution in [2.75, 3.05) is 7.05 Å². The van der Waals surface area contributed by atoms with Crippen molar-refractivity contribution in [2.24, 2.45) is 14.1 Å². The van der Waals surface area contributed by atoms with Crippen molar-refractivity contribution >= 4 is 0 Å². The molecular formula is C15H24N6O. The van der Waals surface area contributed by atoms with Gasteiger partial charge in [-0.25, -0.2) is 9.48 Å². The second-order valence-corrected chi connectivity index (χ2v) is 6.27. The second-order valence-electron chi connectivity index (χ2n) is 6.27. The van der Waals surface area contributed by atoms with E-state index in [1.807, 2.05) is 23.2 Å². The number of fused-ring (bicyclic) bond motifs is 1. The van der Waals surface area contributed by atoms with Crippen LogP contribution in [0.2, 0.25) is 0 Å². The maximum Gasteiger partial charge on any atom is 0.345 e. The quantitative estimate of drug-likeness (QED) is 0.826. The van der Waals surface area contributed by atoms with Crippen LogP contribution < -0.4 is 5.69 Å². The number of aromatic nitrogens is 5. The molecule has 1 aliphatic heterocycles. The fraction of sp³-hybridized carbons (Fsp3) is 0.667. The van der Waals surface area contributed by atoms with Crippen LogP contribution in [0.5, 0.6) is 0 Å². The van der Waals surface area contributed by atoms with Crippen molar-refractivity contribution in [2.45, 2.75) is 45.3 Å². The largest absolute Gasteiger partial charge is 0.345 e. The molecule has 1 aliphatic rings. The zero-order valence-corrected chi connectivity index (χ0v) is 13.8. The summed E-state index contributed by atoms with van der Waals surface area (Å²) in [5.74, 6) is 0.916. The van der Waals surface area contributed by atoms with Gasteiger partial charge >= 0.3 is 5.69 Å². The van der Waals surface area contributed by atoms with Crippen molar-refractivity contribution in [3.05, 3.63) is 33.8 Å². The van der Waals surface area contributed by atoms with E-state index < -0.39 is 0 Å². The monoisotopic (exact) mass is 304 g/mol. The molecule has 7 nitrogen and oxygen atoms in total. The summed E-state index contributed by atoms with van der Waals surface area (Å²) >= 11 is 0. The van der Waals surface area contributed by atoms with E-state index in [1.54, 1.807) is 7.05 Å². The van der Waals surface area contributed by atoms with E-state index in [4.69, 9.17) is 0 Å². The molecule has 1 unspecified atom stereocenters. The van der Waals surface area contributed by atoms with E-state index in [0.717, 1.165) is 43.9 Å². The van der Waals surface area contributed by atoms with E-state index in [9.17, 15) is 4.79 Å². The third kappa shape index (κ3) is 2.72. The number of rotatable bonds is 3. The number of nitrogens with zero attached hydrogens (tertiary/aromatic N) is 6. The normalized spacial score (nSPS) is 18.5. The number of aryl methyl sites for hydroxylation is 4. The summed E-state index contributed by atoms with van der Waals surface area (Å²) in [5, 5.41) is 8.75. The van der Waals surface area contributed by atoms with Crippen LogP contribution in [-0.2, 0) is 33.6 Å². The zero-order chi connectivity index (χ0) is 15.9. The van der Waals surface area contributed by atoms with Gasteiger partial charge in [0.05, 0.1) is 11.4 Å². The topological polar surface area (TPSA) is 60.9 Å². The third-order valence-corrected chi connectivity index (χ3v) is 4.61. The highest BCUT2D eigenvalue weighted by molar-refractivity contribution is 5.08. The van der Waals surface area contributed by atoms with Gasteiger partial charge in [0, 0.05) is 39.6 Å². The lowest BCUT2D eigenvalue weighted by Gasteiger charge is -2.26. The van der Waals surface area contributed by atoms with Crippen LogP contribution in [0.15, 0.2) is 10.9 Å². The minimum atomic E-state index is 0.000521. The molecule has 0 N–H and O–H groups in total. The molecule has 0 fully saturated rings. The molecule has 120 valence electrons. The van der Waals surface area contributed by atoms with Crippen LogP contribution in [0.3, 0.4) is 0 Å². The maximum atomic E-state index is 12.0. The molecular weight excluding hydrogens is 280 g/mol. The average Bonchev–Trinajstić information content (AvgIpc) is 2.82. The van der Waals surface area contributed by atoms with Crippen LogP contribution in [0.25, 0.3) is 0 Å². The summed E-state index contributed by atoms with van der Waals surface area (Å²) in [7, 11) is 5.86. The highest BCUT2D eigenvalue weighted by Crippen LogP contribution is 2.18. The number of hydrogen-bond donors (Lipinski definition) is 0. The Balaban J connectivity index is 1.69. The molecule has 0 saturated heterocycles. The molecule has 0 spiro atoms. The smallest absolute Gasteiger partial charge is 0.298 e. The Kier molecular flexibility index (Phi) is 3.90. The molecule has 0 aliphatic carbocycles. The highest BCUT2D eigenvalue weighted by atomic mass is 16.2. The Morgan fingerprint density at radius 2 is 2.05 bits per heavy atom. The van der Waals surface area contributed by atoms with Gasteiger partial charge in [-0.3, -0.25) is 14.1 Å². The lowest BCUT2D eigenvalue weighted by Crippen LogP contribution is -2.33. The molecule has 0 amide bonds. The van der Waals surface area contributed by atoms with Crippen molar-refractivity contribution in [1.82, 2.24) is 29.0 Å². The predicted molar refractivity (Wildman–Crippen MR) is 83.6 cm³/mol. The van der Waals surface area contributed by atoms with Gasteiger partial charge in [0.2, 0.25) is 0 Å². The summed E-state index contributed by atoms with van der Waals surface area (Å²) in [6, 6.07) is 2.59. The lowest BCUT2D eigenvalue weighted by atomic mass is 10.1. The molecule has 0 aromatic carbocycles. The van der Waals surface area contributed by atoms with Crippen molar-refractivity contribution in [3.8, 4) is 0 Å². The van der Waals surface area contributed by atoms with E-state index >= 15 is 0 Å². The summed E-state index contributed by atoms with van der Waals surface area (Å²) in [4.78, 5) is 14.4. The standard InChI is InChI=1S/C15H24N6O/c1-11-9-13(19(3)16-11)10-18(2)12-5-6-14-17-20(4)15(22)21(14)8-7-12/h9,12H,5-8,10H2,1-4H3. The van der Waals surface area contributed by atoms with Crippen molar-refractivity contribution in [1.29, 1.82) is 0 Å². The third-order valence-electron chi connectivity index (χ3n) is 4.61. The minimum Gasteiger partial charge on any atom is -0.298 e. The summed E-state index contributed by atoms with van der Waals surface area (Å²) in [5.41, 5.74) is 2.27. The second kappa shape index (κ2) is 5.72.